The van der Waals surface area contributed by atoms with Gasteiger partial charge in [0, 0.05) is 5.54 Å². The second kappa shape index (κ2) is 5.22. The van der Waals surface area contributed by atoms with Crippen molar-refractivity contribution < 1.29 is 0 Å². The van der Waals surface area contributed by atoms with Gasteiger partial charge >= 0.3 is 0 Å². The van der Waals surface area contributed by atoms with Crippen molar-refractivity contribution in [3.63, 3.8) is 0 Å². The van der Waals surface area contributed by atoms with Crippen LogP contribution in [0.1, 0.15) is 58.6 Å². The van der Waals surface area contributed by atoms with E-state index in [1.807, 2.05) is 0 Å². The maximum atomic E-state index is 6.74. The van der Waals surface area contributed by atoms with Crippen molar-refractivity contribution >= 4 is 0 Å². The zero-order chi connectivity index (χ0) is 13.2. The predicted octanol–water partition coefficient (Wildman–Crippen LogP) is 4.28. The molecule has 96 valence electrons. The summed E-state index contributed by atoms with van der Waals surface area (Å²) in [7, 11) is 0. The Labute approximate surface area is 106 Å². The summed E-state index contributed by atoms with van der Waals surface area (Å²) >= 11 is 0. The molecule has 0 atom stereocenters. The van der Waals surface area contributed by atoms with Crippen molar-refractivity contribution in [1.82, 2.24) is 0 Å². The zero-order valence-electron chi connectivity index (χ0n) is 12.1. The Morgan fingerprint density at radius 1 is 0.882 bits per heavy atom. The molecule has 0 saturated carbocycles. The quantitative estimate of drug-likeness (QED) is 0.825. The van der Waals surface area contributed by atoms with Gasteiger partial charge in [0.1, 0.15) is 0 Å². The summed E-state index contributed by atoms with van der Waals surface area (Å²) < 4.78 is 0. The first kappa shape index (κ1) is 14.2. The summed E-state index contributed by atoms with van der Waals surface area (Å²) in [4.78, 5) is 0. The van der Waals surface area contributed by atoms with Gasteiger partial charge in [0.05, 0.1) is 0 Å². The van der Waals surface area contributed by atoms with E-state index in [0.29, 0.717) is 17.8 Å². The molecular weight excluding hydrogens is 206 g/mol. The van der Waals surface area contributed by atoms with Crippen LogP contribution in [0.25, 0.3) is 0 Å². The van der Waals surface area contributed by atoms with Gasteiger partial charge in [-0.1, -0.05) is 65.8 Å². The molecule has 2 N–H and O–H groups in total. The highest BCUT2D eigenvalue weighted by atomic mass is 14.8. The summed E-state index contributed by atoms with van der Waals surface area (Å²) in [6, 6.07) is 8.63. The molecule has 0 saturated heterocycles. The highest BCUT2D eigenvalue weighted by Crippen LogP contribution is 2.38. The van der Waals surface area contributed by atoms with Crippen LogP contribution in [0.3, 0.4) is 0 Å². The van der Waals surface area contributed by atoms with Crippen molar-refractivity contribution in [3.8, 4) is 0 Å². The van der Waals surface area contributed by atoms with E-state index in [-0.39, 0.29) is 5.54 Å². The minimum absolute atomic E-state index is 0.235. The van der Waals surface area contributed by atoms with Gasteiger partial charge in [-0.15, -0.1) is 0 Å². The molecule has 0 fully saturated rings. The van der Waals surface area contributed by atoms with Crippen molar-refractivity contribution in [3.05, 3.63) is 35.4 Å². The number of hydrogen-bond donors (Lipinski definition) is 1. The Balaban J connectivity index is 3.39. The molecule has 0 amide bonds. The van der Waals surface area contributed by atoms with Crippen LogP contribution in [-0.2, 0) is 5.54 Å². The summed E-state index contributed by atoms with van der Waals surface area (Å²) in [6.45, 7) is 13.3. The van der Waals surface area contributed by atoms with Gasteiger partial charge in [0.2, 0.25) is 0 Å². The minimum Gasteiger partial charge on any atom is -0.321 e. The maximum Gasteiger partial charge on any atom is 0.0458 e. The monoisotopic (exact) mass is 233 g/mol. The number of benzene rings is 1. The van der Waals surface area contributed by atoms with Gasteiger partial charge in [-0.25, -0.2) is 0 Å². The van der Waals surface area contributed by atoms with E-state index in [0.717, 1.165) is 0 Å². The first-order valence-electron chi connectivity index (χ1n) is 6.70. The minimum atomic E-state index is -0.235. The van der Waals surface area contributed by atoms with E-state index >= 15 is 0 Å². The van der Waals surface area contributed by atoms with Gasteiger partial charge in [0.15, 0.2) is 0 Å². The number of rotatable bonds is 4. The second-order valence-corrected chi connectivity index (χ2v) is 5.98. The van der Waals surface area contributed by atoms with Crippen LogP contribution in [-0.4, -0.2) is 0 Å². The predicted molar refractivity (Wildman–Crippen MR) is 76.1 cm³/mol. The highest BCUT2D eigenvalue weighted by Gasteiger charge is 2.36. The maximum absolute atomic E-state index is 6.74. The fourth-order valence-electron chi connectivity index (χ4n) is 2.68. The third kappa shape index (κ3) is 2.55. The van der Waals surface area contributed by atoms with Gasteiger partial charge in [-0.2, -0.15) is 0 Å². The molecule has 0 aliphatic carbocycles. The average Bonchev–Trinajstić information content (AvgIpc) is 2.27. The van der Waals surface area contributed by atoms with Gasteiger partial charge < -0.3 is 5.73 Å². The molecule has 1 aromatic carbocycles. The first-order chi connectivity index (χ1) is 7.81. The smallest absolute Gasteiger partial charge is 0.0458 e. The fourth-order valence-corrected chi connectivity index (χ4v) is 2.68. The largest absolute Gasteiger partial charge is 0.321 e. The van der Waals surface area contributed by atoms with Crippen LogP contribution in [0.5, 0.6) is 0 Å². The van der Waals surface area contributed by atoms with Crippen molar-refractivity contribution in [2.45, 2.75) is 53.0 Å². The Kier molecular flexibility index (Phi) is 4.37. The fraction of sp³-hybridized carbons (Fsp3) is 0.625. The molecule has 17 heavy (non-hydrogen) atoms. The van der Waals surface area contributed by atoms with E-state index < -0.39 is 0 Å². The molecule has 1 aromatic rings. The molecule has 0 radical (unpaired) electrons. The van der Waals surface area contributed by atoms with Crippen LogP contribution in [0.2, 0.25) is 0 Å². The van der Waals surface area contributed by atoms with Crippen LogP contribution < -0.4 is 5.73 Å². The summed E-state index contributed by atoms with van der Waals surface area (Å²) in [5, 5.41) is 0. The van der Waals surface area contributed by atoms with E-state index in [4.69, 9.17) is 5.73 Å². The molecule has 1 heteroatoms. The Hall–Kier alpha value is -0.820. The second-order valence-electron chi connectivity index (χ2n) is 5.98. The number of hydrogen-bond acceptors (Lipinski definition) is 1. The lowest BCUT2D eigenvalue weighted by atomic mass is 9.70. The van der Waals surface area contributed by atoms with Crippen molar-refractivity contribution in [2.75, 3.05) is 0 Å². The Morgan fingerprint density at radius 3 is 1.76 bits per heavy atom. The zero-order valence-corrected chi connectivity index (χ0v) is 12.1. The third-order valence-electron chi connectivity index (χ3n) is 3.96. The molecule has 0 aliphatic rings. The highest BCUT2D eigenvalue weighted by molar-refractivity contribution is 5.36. The average molecular weight is 233 g/mol. The molecule has 0 aromatic heterocycles. The van der Waals surface area contributed by atoms with Crippen LogP contribution in [0.15, 0.2) is 24.3 Å². The van der Waals surface area contributed by atoms with E-state index in [1.165, 1.54) is 11.1 Å². The third-order valence-corrected chi connectivity index (χ3v) is 3.96. The Morgan fingerprint density at radius 2 is 1.35 bits per heavy atom. The lowest BCUT2D eigenvalue weighted by Gasteiger charge is -2.40. The topological polar surface area (TPSA) is 26.0 Å². The van der Waals surface area contributed by atoms with Gasteiger partial charge in [0.25, 0.3) is 0 Å². The van der Waals surface area contributed by atoms with Crippen molar-refractivity contribution in [2.24, 2.45) is 17.6 Å². The molecule has 0 spiro atoms. The normalized spacial score (nSPS) is 12.8. The molecule has 0 bridgehead atoms. The molecule has 1 rings (SSSR count). The number of nitrogens with two attached hydrogens (primary N) is 1. The standard InChI is InChI=1S/C16H27N/c1-11(2)14-9-7-8-10-15(14)16(17,12(3)4)13(5)6/h7-13H,17H2,1-6H3. The lowest BCUT2D eigenvalue weighted by molar-refractivity contribution is 0.225. The molecule has 0 aliphatic heterocycles. The van der Waals surface area contributed by atoms with E-state index in [2.05, 4.69) is 65.8 Å². The molecule has 0 heterocycles. The lowest BCUT2D eigenvalue weighted by Crippen LogP contribution is -2.47. The summed E-state index contributed by atoms with van der Waals surface area (Å²) in [5.74, 6) is 1.39. The molecular formula is C16H27N. The SMILES string of the molecule is CC(C)c1ccccc1C(N)(C(C)C)C(C)C. The van der Waals surface area contributed by atoms with Crippen molar-refractivity contribution in [1.29, 1.82) is 0 Å². The Bertz CT molecular complexity index is 356. The molecule has 1 nitrogen and oxygen atoms in total. The van der Waals surface area contributed by atoms with E-state index in [1.54, 1.807) is 0 Å². The van der Waals surface area contributed by atoms with Crippen LogP contribution >= 0.6 is 0 Å². The molecule has 0 unspecified atom stereocenters. The van der Waals surface area contributed by atoms with Crippen LogP contribution in [0, 0.1) is 11.8 Å². The van der Waals surface area contributed by atoms with Crippen LogP contribution in [0.4, 0.5) is 0 Å². The summed E-state index contributed by atoms with van der Waals surface area (Å²) in [6.07, 6.45) is 0. The first-order valence-corrected chi connectivity index (χ1v) is 6.70. The summed E-state index contributed by atoms with van der Waals surface area (Å²) in [5.41, 5.74) is 9.21. The van der Waals surface area contributed by atoms with E-state index in [9.17, 15) is 0 Å². The van der Waals surface area contributed by atoms with Gasteiger partial charge in [-0.05, 0) is 28.9 Å². The van der Waals surface area contributed by atoms with Gasteiger partial charge in [-0.3, -0.25) is 0 Å².